The molecule has 0 aliphatic rings. The molecule has 2 aromatic heterocycles. The smallest absolute Gasteiger partial charge is 0.408 e. The van der Waals surface area contributed by atoms with Gasteiger partial charge in [-0.1, -0.05) is 52.7 Å². The fraction of sp³-hybridized carbons (Fsp3) is 0.458. The van der Waals surface area contributed by atoms with Crippen molar-refractivity contribution in [2.45, 2.75) is 65.5 Å². The number of Topliss-reactive ketones (excluding diaryl/α,β-unsaturated/α-hetero) is 1. The molecule has 3 aromatic rings. The summed E-state index contributed by atoms with van der Waals surface area (Å²) >= 11 is 1.57. The zero-order chi connectivity index (χ0) is 24.7. The van der Waals surface area contributed by atoms with Gasteiger partial charge in [0.25, 0.3) is 5.91 Å². The molecule has 0 unspecified atom stereocenters. The molecule has 0 aliphatic carbocycles. The van der Waals surface area contributed by atoms with Crippen LogP contribution in [0.1, 0.15) is 52.0 Å². The molecule has 2 atom stereocenters. The Labute approximate surface area is 202 Å². The van der Waals surface area contributed by atoms with Crippen molar-refractivity contribution in [1.82, 2.24) is 20.5 Å². The summed E-state index contributed by atoms with van der Waals surface area (Å²) in [4.78, 5) is 42.6. The quantitative estimate of drug-likeness (QED) is 0.364. The van der Waals surface area contributed by atoms with Gasteiger partial charge in [0.05, 0.1) is 21.4 Å². The molecular formula is C24H31N5O4S. The van der Waals surface area contributed by atoms with Gasteiger partial charge in [-0.25, -0.2) is 9.78 Å². The lowest BCUT2D eigenvalue weighted by Gasteiger charge is -2.30. The van der Waals surface area contributed by atoms with Crippen LogP contribution in [0.5, 0.6) is 0 Å². The highest BCUT2D eigenvalue weighted by molar-refractivity contribution is 7.18. The minimum absolute atomic E-state index is 0.304. The SMILES string of the molecule is CCCC[C@H](NC(=O)O[C@H](Cc1nc2ccccc2s1)C(C)(C)C)C(=O)C(=O)Nc1ccn[nH]1. The average molecular weight is 486 g/mol. The maximum atomic E-state index is 12.8. The first kappa shape index (κ1) is 25.4. The summed E-state index contributed by atoms with van der Waals surface area (Å²) in [5.41, 5.74) is 0.545. The molecule has 0 bridgehead atoms. The number of amides is 2. The normalized spacial score (nSPS) is 13.3. The molecule has 2 amide bonds. The van der Waals surface area contributed by atoms with Gasteiger partial charge < -0.3 is 15.4 Å². The second-order valence-corrected chi connectivity index (χ2v) is 10.3. The van der Waals surface area contributed by atoms with Crippen LogP contribution < -0.4 is 10.6 Å². The summed E-state index contributed by atoms with van der Waals surface area (Å²) in [6, 6.07) is 8.41. The van der Waals surface area contributed by atoms with Crippen LogP contribution in [0.3, 0.4) is 0 Å². The summed E-state index contributed by atoms with van der Waals surface area (Å²) < 4.78 is 6.85. The predicted molar refractivity (Wildman–Crippen MR) is 132 cm³/mol. The number of ether oxygens (including phenoxy) is 1. The number of H-pyrrole nitrogens is 1. The van der Waals surface area contributed by atoms with Crippen LogP contribution in [0.25, 0.3) is 10.2 Å². The van der Waals surface area contributed by atoms with Gasteiger partial charge in [-0.15, -0.1) is 11.3 Å². The summed E-state index contributed by atoms with van der Waals surface area (Å²) in [5, 5.41) is 12.2. The largest absolute Gasteiger partial charge is 0.445 e. The Balaban J connectivity index is 1.68. The van der Waals surface area contributed by atoms with Crippen molar-refractivity contribution in [3.8, 4) is 0 Å². The lowest BCUT2D eigenvalue weighted by atomic mass is 9.87. The summed E-state index contributed by atoms with van der Waals surface area (Å²) in [5.74, 6) is -1.26. The number of fused-ring (bicyclic) bond motifs is 1. The topological polar surface area (TPSA) is 126 Å². The lowest BCUT2D eigenvalue weighted by Crippen LogP contribution is -2.47. The van der Waals surface area contributed by atoms with Crippen LogP contribution in [0.4, 0.5) is 10.6 Å². The number of para-hydroxylation sites is 1. The number of benzene rings is 1. The second-order valence-electron chi connectivity index (χ2n) is 9.17. The molecule has 1 aromatic carbocycles. The molecule has 0 radical (unpaired) electrons. The molecule has 182 valence electrons. The number of unbranched alkanes of at least 4 members (excludes halogenated alkanes) is 1. The van der Waals surface area contributed by atoms with E-state index in [4.69, 9.17) is 4.74 Å². The average Bonchev–Trinajstić information content (AvgIpc) is 3.44. The Bertz CT molecular complexity index is 1090. The van der Waals surface area contributed by atoms with Crippen LogP contribution in [-0.4, -0.2) is 45.1 Å². The highest BCUT2D eigenvalue weighted by Crippen LogP contribution is 2.29. The first-order valence-electron chi connectivity index (χ1n) is 11.3. The molecule has 0 spiro atoms. The van der Waals surface area contributed by atoms with Crippen molar-refractivity contribution in [2.24, 2.45) is 5.41 Å². The van der Waals surface area contributed by atoms with Gasteiger partial charge in [0.15, 0.2) is 0 Å². The Hall–Kier alpha value is -3.27. The molecule has 2 heterocycles. The van der Waals surface area contributed by atoms with Crippen LogP contribution in [-0.2, 0) is 20.7 Å². The molecular weight excluding hydrogens is 454 g/mol. The van der Waals surface area contributed by atoms with Crippen LogP contribution in [0, 0.1) is 5.41 Å². The molecule has 3 rings (SSSR count). The van der Waals surface area contributed by atoms with Gasteiger partial charge >= 0.3 is 6.09 Å². The zero-order valence-corrected chi connectivity index (χ0v) is 20.7. The molecule has 9 nitrogen and oxygen atoms in total. The van der Waals surface area contributed by atoms with E-state index in [1.54, 1.807) is 11.3 Å². The molecule has 0 saturated heterocycles. The fourth-order valence-corrected chi connectivity index (χ4v) is 4.34. The van der Waals surface area contributed by atoms with Gasteiger partial charge in [-0.2, -0.15) is 5.10 Å². The molecule has 3 N–H and O–H groups in total. The number of ketones is 1. The maximum absolute atomic E-state index is 12.8. The van der Waals surface area contributed by atoms with Crippen molar-refractivity contribution >= 4 is 45.2 Å². The van der Waals surface area contributed by atoms with Crippen molar-refractivity contribution in [2.75, 3.05) is 5.32 Å². The highest BCUT2D eigenvalue weighted by Gasteiger charge is 2.32. The third kappa shape index (κ3) is 6.86. The number of anilines is 1. The van der Waals surface area contributed by atoms with E-state index >= 15 is 0 Å². The second kappa shape index (κ2) is 11.2. The lowest BCUT2D eigenvalue weighted by molar-refractivity contribution is -0.136. The number of nitrogens with one attached hydrogen (secondary N) is 3. The van der Waals surface area contributed by atoms with E-state index in [-0.39, 0.29) is 5.41 Å². The number of nitrogens with zero attached hydrogens (tertiary/aromatic N) is 2. The number of carbonyl (C=O) groups excluding carboxylic acids is 3. The number of aromatic nitrogens is 3. The predicted octanol–water partition coefficient (Wildman–Crippen LogP) is 4.47. The number of hydrogen-bond acceptors (Lipinski definition) is 7. The minimum Gasteiger partial charge on any atom is -0.445 e. The zero-order valence-electron chi connectivity index (χ0n) is 19.9. The third-order valence-corrected chi connectivity index (χ3v) is 6.40. The summed E-state index contributed by atoms with van der Waals surface area (Å²) in [6.45, 7) is 7.92. The van der Waals surface area contributed by atoms with Gasteiger partial charge in [0, 0.05) is 12.5 Å². The fourth-order valence-electron chi connectivity index (χ4n) is 3.34. The van der Waals surface area contributed by atoms with E-state index in [0.717, 1.165) is 21.6 Å². The Kier molecular flexibility index (Phi) is 8.38. The van der Waals surface area contributed by atoms with E-state index in [1.807, 2.05) is 52.0 Å². The van der Waals surface area contributed by atoms with E-state index in [0.29, 0.717) is 25.1 Å². The number of alkyl carbamates (subject to hydrolysis) is 1. The van der Waals surface area contributed by atoms with Gasteiger partial charge in [0.2, 0.25) is 5.78 Å². The van der Waals surface area contributed by atoms with Crippen molar-refractivity contribution in [3.63, 3.8) is 0 Å². The van der Waals surface area contributed by atoms with Crippen molar-refractivity contribution < 1.29 is 19.1 Å². The number of rotatable bonds is 10. The molecule has 34 heavy (non-hydrogen) atoms. The van der Waals surface area contributed by atoms with Crippen LogP contribution in [0.2, 0.25) is 0 Å². The number of hydrogen-bond donors (Lipinski definition) is 3. The summed E-state index contributed by atoms with van der Waals surface area (Å²) in [6.07, 6.45) is 2.51. The van der Waals surface area contributed by atoms with Gasteiger partial charge in [0.1, 0.15) is 18.0 Å². The number of thiazole rings is 1. The van der Waals surface area contributed by atoms with E-state index < -0.39 is 29.9 Å². The van der Waals surface area contributed by atoms with Crippen molar-refractivity contribution in [1.29, 1.82) is 0 Å². The third-order valence-electron chi connectivity index (χ3n) is 5.34. The van der Waals surface area contributed by atoms with Crippen LogP contribution >= 0.6 is 11.3 Å². The van der Waals surface area contributed by atoms with E-state index in [2.05, 4.69) is 25.8 Å². The number of carbonyl (C=O) groups is 3. The minimum atomic E-state index is -0.988. The van der Waals surface area contributed by atoms with Crippen molar-refractivity contribution in [3.05, 3.63) is 41.5 Å². The standard InChI is InChI=1S/C24H31N5O4S/c1-5-6-9-16(21(30)22(31)28-19-12-13-25-29-19)27-23(32)33-18(24(2,3)4)14-20-26-15-10-7-8-11-17(15)34-20/h7-8,10-13,16,18H,5-6,9,14H2,1-4H3,(H,27,32)(H2,25,28,29,31)/t16-,18+/m0/s1. The highest BCUT2D eigenvalue weighted by atomic mass is 32.1. The Morgan fingerprint density at radius 3 is 2.59 bits per heavy atom. The van der Waals surface area contributed by atoms with Crippen LogP contribution in [0.15, 0.2) is 36.5 Å². The van der Waals surface area contributed by atoms with Gasteiger partial charge in [-0.3, -0.25) is 14.7 Å². The first-order chi connectivity index (χ1) is 16.2. The molecule has 0 saturated carbocycles. The molecule has 0 fully saturated rings. The summed E-state index contributed by atoms with van der Waals surface area (Å²) in [7, 11) is 0. The number of aromatic amines is 1. The Morgan fingerprint density at radius 2 is 1.94 bits per heavy atom. The first-order valence-corrected chi connectivity index (χ1v) is 12.1. The van der Waals surface area contributed by atoms with E-state index in [1.165, 1.54) is 12.3 Å². The molecule has 10 heteroatoms. The Morgan fingerprint density at radius 1 is 1.18 bits per heavy atom. The monoisotopic (exact) mass is 485 g/mol. The maximum Gasteiger partial charge on any atom is 0.408 e. The van der Waals surface area contributed by atoms with Gasteiger partial charge in [-0.05, 0) is 24.0 Å². The molecule has 0 aliphatic heterocycles. The van der Waals surface area contributed by atoms with E-state index in [9.17, 15) is 14.4 Å².